The van der Waals surface area contributed by atoms with E-state index in [2.05, 4.69) is 5.92 Å². The van der Waals surface area contributed by atoms with Gasteiger partial charge in [0, 0.05) is 12.6 Å². The van der Waals surface area contributed by atoms with Gasteiger partial charge in [-0.15, -0.1) is 6.42 Å². The first-order valence-electron chi connectivity index (χ1n) is 6.61. The number of carbonyl (C=O) groups is 1. The standard InChI is InChI=1S/C16H9Cl3F3NO2/c1-3-6-25-15(24)9-7-8(4-5-10(9)17)11-12(18)13(16(20,21)22)23(2)14(11)19/h1,4-5,7H,6H2,2H3. The molecule has 9 heteroatoms. The van der Waals surface area contributed by atoms with Crippen LogP contribution >= 0.6 is 34.8 Å². The van der Waals surface area contributed by atoms with Crippen molar-refractivity contribution in [3.63, 3.8) is 0 Å². The number of halogens is 6. The number of esters is 1. The van der Waals surface area contributed by atoms with Crippen molar-refractivity contribution in [3.8, 4) is 23.5 Å². The van der Waals surface area contributed by atoms with Crippen molar-refractivity contribution >= 4 is 40.8 Å². The minimum atomic E-state index is -4.70. The molecule has 0 N–H and O–H groups in total. The Morgan fingerprint density at radius 1 is 1.32 bits per heavy atom. The second kappa shape index (κ2) is 7.20. The van der Waals surface area contributed by atoms with Crippen LogP contribution in [0.1, 0.15) is 16.1 Å². The predicted octanol–water partition coefficient (Wildman–Crippen LogP) is 5.46. The van der Waals surface area contributed by atoms with Gasteiger partial charge in [-0.1, -0.05) is 46.8 Å². The molecule has 1 heterocycles. The summed E-state index contributed by atoms with van der Waals surface area (Å²) in [7, 11) is 1.14. The van der Waals surface area contributed by atoms with E-state index < -0.39 is 22.9 Å². The maximum absolute atomic E-state index is 13.2. The molecule has 0 spiro atoms. The maximum Gasteiger partial charge on any atom is 0.432 e. The van der Waals surface area contributed by atoms with E-state index in [4.69, 9.17) is 46.0 Å². The largest absolute Gasteiger partial charge is 0.449 e. The molecule has 0 aliphatic heterocycles. The number of carbonyl (C=O) groups excluding carboxylic acids is 1. The van der Waals surface area contributed by atoms with Crippen molar-refractivity contribution in [2.45, 2.75) is 6.18 Å². The fourth-order valence-electron chi connectivity index (χ4n) is 2.20. The van der Waals surface area contributed by atoms with Gasteiger partial charge in [-0.2, -0.15) is 13.2 Å². The van der Waals surface area contributed by atoms with E-state index in [1.165, 1.54) is 18.2 Å². The van der Waals surface area contributed by atoms with Crippen LogP contribution in [-0.2, 0) is 18.0 Å². The molecule has 0 radical (unpaired) electrons. The highest BCUT2D eigenvalue weighted by molar-refractivity contribution is 6.40. The molecule has 132 valence electrons. The summed E-state index contributed by atoms with van der Waals surface area (Å²) in [5.41, 5.74) is -1.06. The van der Waals surface area contributed by atoms with Crippen LogP contribution in [-0.4, -0.2) is 17.1 Å². The summed E-state index contributed by atoms with van der Waals surface area (Å²) < 4.78 is 45.0. The number of ether oxygens (including phenoxy) is 1. The molecule has 0 unspecified atom stereocenters. The summed E-state index contributed by atoms with van der Waals surface area (Å²) in [6.45, 7) is -0.273. The van der Waals surface area contributed by atoms with Crippen molar-refractivity contribution in [3.05, 3.63) is 44.7 Å². The number of benzene rings is 1. The summed E-state index contributed by atoms with van der Waals surface area (Å²) in [6.07, 6.45) is 0.310. The van der Waals surface area contributed by atoms with Gasteiger partial charge < -0.3 is 9.30 Å². The number of terminal acetylenes is 1. The molecule has 1 aromatic carbocycles. The molecule has 2 rings (SSSR count). The molecule has 0 aliphatic carbocycles. The lowest BCUT2D eigenvalue weighted by molar-refractivity contribution is -0.142. The third-order valence-electron chi connectivity index (χ3n) is 3.29. The van der Waals surface area contributed by atoms with Crippen molar-refractivity contribution in [1.82, 2.24) is 4.57 Å². The van der Waals surface area contributed by atoms with E-state index in [0.29, 0.717) is 0 Å². The Bertz CT molecular complexity index is 882. The van der Waals surface area contributed by atoms with Crippen molar-refractivity contribution in [2.24, 2.45) is 7.05 Å². The average Bonchev–Trinajstić information content (AvgIpc) is 2.75. The number of hydrogen-bond acceptors (Lipinski definition) is 2. The van der Waals surface area contributed by atoms with Gasteiger partial charge in [-0.05, 0) is 17.7 Å². The highest BCUT2D eigenvalue weighted by atomic mass is 35.5. The molecule has 0 atom stereocenters. The zero-order valence-electron chi connectivity index (χ0n) is 12.5. The van der Waals surface area contributed by atoms with Crippen LogP contribution in [0.15, 0.2) is 18.2 Å². The van der Waals surface area contributed by atoms with E-state index in [0.717, 1.165) is 11.6 Å². The van der Waals surface area contributed by atoms with Crippen LogP contribution in [0.5, 0.6) is 0 Å². The molecule has 0 bridgehead atoms. The minimum absolute atomic E-state index is 0.0463. The molecule has 0 amide bonds. The number of nitrogens with zero attached hydrogens (tertiary/aromatic N) is 1. The Kier molecular flexibility index (Phi) is 5.62. The fourth-order valence-corrected chi connectivity index (χ4v) is 3.17. The predicted molar refractivity (Wildman–Crippen MR) is 90.0 cm³/mol. The fraction of sp³-hybridized carbons (Fsp3) is 0.188. The highest BCUT2D eigenvalue weighted by Crippen LogP contribution is 2.45. The van der Waals surface area contributed by atoms with Crippen LogP contribution in [0, 0.1) is 12.3 Å². The highest BCUT2D eigenvalue weighted by Gasteiger charge is 2.39. The molecule has 0 fully saturated rings. The zero-order chi connectivity index (χ0) is 18.9. The molecular weight excluding hydrogens is 402 g/mol. The van der Waals surface area contributed by atoms with Crippen LogP contribution in [0.2, 0.25) is 15.2 Å². The van der Waals surface area contributed by atoms with Gasteiger partial charge in [0.1, 0.15) is 10.8 Å². The number of rotatable bonds is 3. The molecular formula is C16H9Cl3F3NO2. The quantitative estimate of drug-likeness (QED) is 0.497. The lowest BCUT2D eigenvalue weighted by Crippen LogP contribution is -2.11. The van der Waals surface area contributed by atoms with Crippen LogP contribution < -0.4 is 0 Å². The Morgan fingerprint density at radius 2 is 1.96 bits per heavy atom. The molecule has 3 nitrogen and oxygen atoms in total. The van der Waals surface area contributed by atoms with Gasteiger partial charge >= 0.3 is 12.1 Å². The molecule has 25 heavy (non-hydrogen) atoms. The van der Waals surface area contributed by atoms with E-state index in [1.54, 1.807) is 0 Å². The van der Waals surface area contributed by atoms with Gasteiger partial charge in [0.2, 0.25) is 0 Å². The van der Waals surface area contributed by atoms with E-state index in [1.807, 2.05) is 0 Å². The Labute approximate surface area is 156 Å². The molecule has 0 saturated carbocycles. The Hall–Kier alpha value is -1.81. The smallest absolute Gasteiger partial charge is 0.432 e. The van der Waals surface area contributed by atoms with Crippen LogP contribution in [0.25, 0.3) is 11.1 Å². The molecule has 0 saturated heterocycles. The second-order valence-corrected chi connectivity index (χ2v) is 6.00. The van der Waals surface area contributed by atoms with Gasteiger partial charge in [0.25, 0.3) is 0 Å². The molecule has 0 aliphatic rings. The summed E-state index contributed by atoms with van der Waals surface area (Å²) in [6, 6.07) is 3.97. The Balaban J connectivity index is 2.61. The monoisotopic (exact) mass is 409 g/mol. The lowest BCUT2D eigenvalue weighted by Gasteiger charge is -2.08. The number of aromatic nitrogens is 1. The zero-order valence-corrected chi connectivity index (χ0v) is 14.8. The van der Waals surface area contributed by atoms with Gasteiger partial charge in [-0.25, -0.2) is 4.79 Å². The third-order valence-corrected chi connectivity index (χ3v) is 4.43. The normalized spacial score (nSPS) is 11.3. The van der Waals surface area contributed by atoms with Gasteiger partial charge in [0.15, 0.2) is 6.61 Å². The first-order valence-corrected chi connectivity index (χ1v) is 7.74. The third kappa shape index (κ3) is 3.74. The molecule has 1 aromatic heterocycles. The summed E-state index contributed by atoms with van der Waals surface area (Å²) in [4.78, 5) is 12.0. The van der Waals surface area contributed by atoms with Crippen molar-refractivity contribution < 1.29 is 22.7 Å². The SMILES string of the molecule is C#CCOC(=O)c1cc(-c2c(Cl)c(C(F)(F)F)n(C)c2Cl)ccc1Cl. The maximum atomic E-state index is 13.2. The lowest BCUT2D eigenvalue weighted by atomic mass is 10.1. The number of hydrogen-bond donors (Lipinski definition) is 0. The van der Waals surface area contributed by atoms with Gasteiger partial charge in [-0.3, -0.25) is 0 Å². The minimum Gasteiger partial charge on any atom is -0.449 e. The van der Waals surface area contributed by atoms with E-state index in [-0.39, 0.29) is 33.5 Å². The molecule has 2 aromatic rings. The number of alkyl halides is 3. The van der Waals surface area contributed by atoms with E-state index >= 15 is 0 Å². The van der Waals surface area contributed by atoms with Crippen LogP contribution in [0.4, 0.5) is 13.2 Å². The topological polar surface area (TPSA) is 31.2 Å². The van der Waals surface area contributed by atoms with E-state index in [9.17, 15) is 18.0 Å². The summed E-state index contributed by atoms with van der Waals surface area (Å²) in [5, 5.41) is -0.766. The van der Waals surface area contributed by atoms with Crippen LogP contribution in [0.3, 0.4) is 0 Å². The van der Waals surface area contributed by atoms with Crippen molar-refractivity contribution in [2.75, 3.05) is 6.61 Å². The van der Waals surface area contributed by atoms with Crippen molar-refractivity contribution in [1.29, 1.82) is 0 Å². The Morgan fingerprint density at radius 3 is 2.48 bits per heavy atom. The first kappa shape index (κ1) is 19.5. The first-order chi connectivity index (χ1) is 11.6. The average molecular weight is 411 g/mol. The summed E-state index contributed by atoms with van der Waals surface area (Å²) in [5.74, 6) is 1.31. The van der Waals surface area contributed by atoms with Gasteiger partial charge in [0.05, 0.1) is 15.6 Å². The second-order valence-electron chi connectivity index (χ2n) is 4.86. The summed E-state index contributed by atoms with van der Waals surface area (Å²) >= 11 is 17.9.